The van der Waals surface area contributed by atoms with Crippen LogP contribution in [0.2, 0.25) is 0 Å². The van der Waals surface area contributed by atoms with E-state index in [2.05, 4.69) is 25.9 Å². The molecule has 0 fully saturated rings. The fourth-order valence-corrected chi connectivity index (χ4v) is 1.77. The molecule has 1 rings (SSSR count). The number of nitrogens with two attached hydrogens (primary N) is 1. The Hall–Kier alpha value is -0.830. The van der Waals surface area contributed by atoms with Gasteiger partial charge in [0.05, 0.1) is 5.69 Å². The molecule has 0 aromatic carbocycles. The number of nitrogens with zero attached hydrogens (tertiary/aromatic N) is 2. The minimum atomic E-state index is 0.138. The van der Waals surface area contributed by atoms with Crippen LogP contribution >= 0.6 is 0 Å². The van der Waals surface area contributed by atoms with Crippen molar-refractivity contribution in [2.24, 2.45) is 18.7 Å². The standard InChI is InChI=1S/C11H21N3/c1-5-11-9(7-14(4)13-11)10(12)6-8(2)3/h7-8,10H,5-6,12H2,1-4H3. The van der Waals surface area contributed by atoms with E-state index in [4.69, 9.17) is 5.73 Å². The van der Waals surface area contributed by atoms with E-state index in [1.807, 2.05) is 17.9 Å². The van der Waals surface area contributed by atoms with Gasteiger partial charge in [-0.05, 0) is 18.8 Å². The maximum atomic E-state index is 6.13. The Morgan fingerprint density at radius 2 is 2.14 bits per heavy atom. The van der Waals surface area contributed by atoms with E-state index < -0.39 is 0 Å². The molecule has 80 valence electrons. The lowest BCUT2D eigenvalue weighted by atomic mass is 9.98. The van der Waals surface area contributed by atoms with Crippen molar-refractivity contribution in [2.75, 3.05) is 0 Å². The van der Waals surface area contributed by atoms with Gasteiger partial charge in [-0.1, -0.05) is 20.8 Å². The van der Waals surface area contributed by atoms with Crippen LogP contribution in [0.1, 0.15) is 44.5 Å². The Morgan fingerprint density at radius 1 is 1.50 bits per heavy atom. The van der Waals surface area contributed by atoms with Gasteiger partial charge in [-0.3, -0.25) is 4.68 Å². The molecule has 0 radical (unpaired) electrons. The topological polar surface area (TPSA) is 43.8 Å². The summed E-state index contributed by atoms with van der Waals surface area (Å²) in [4.78, 5) is 0. The number of aryl methyl sites for hydroxylation is 2. The van der Waals surface area contributed by atoms with Crippen LogP contribution in [0.3, 0.4) is 0 Å². The summed E-state index contributed by atoms with van der Waals surface area (Å²) in [6.45, 7) is 6.51. The molecule has 0 saturated heterocycles. The molecule has 0 aliphatic heterocycles. The van der Waals surface area contributed by atoms with Crippen molar-refractivity contribution in [1.82, 2.24) is 9.78 Å². The largest absolute Gasteiger partial charge is 0.324 e. The van der Waals surface area contributed by atoms with Crippen molar-refractivity contribution in [2.45, 2.75) is 39.7 Å². The van der Waals surface area contributed by atoms with Gasteiger partial charge >= 0.3 is 0 Å². The van der Waals surface area contributed by atoms with Crippen molar-refractivity contribution in [3.8, 4) is 0 Å². The van der Waals surface area contributed by atoms with Gasteiger partial charge in [-0.25, -0.2) is 0 Å². The van der Waals surface area contributed by atoms with Gasteiger partial charge < -0.3 is 5.73 Å². The van der Waals surface area contributed by atoms with E-state index in [0.717, 1.165) is 18.5 Å². The molecule has 1 atom stereocenters. The predicted molar refractivity (Wildman–Crippen MR) is 59.0 cm³/mol. The average Bonchev–Trinajstić information content (AvgIpc) is 2.45. The van der Waals surface area contributed by atoms with Gasteiger partial charge in [-0.15, -0.1) is 0 Å². The van der Waals surface area contributed by atoms with Crippen molar-refractivity contribution >= 4 is 0 Å². The van der Waals surface area contributed by atoms with Crippen LogP contribution in [0, 0.1) is 5.92 Å². The van der Waals surface area contributed by atoms with Crippen molar-refractivity contribution < 1.29 is 0 Å². The minimum absolute atomic E-state index is 0.138. The third-order valence-corrected chi connectivity index (χ3v) is 2.40. The molecular weight excluding hydrogens is 174 g/mol. The van der Waals surface area contributed by atoms with Crippen molar-refractivity contribution in [3.63, 3.8) is 0 Å². The van der Waals surface area contributed by atoms with Crippen LogP contribution < -0.4 is 5.73 Å². The second-order valence-electron chi connectivity index (χ2n) is 4.29. The molecule has 0 aliphatic rings. The SMILES string of the molecule is CCc1nn(C)cc1C(N)CC(C)C. The molecule has 0 spiro atoms. The summed E-state index contributed by atoms with van der Waals surface area (Å²) < 4.78 is 1.86. The maximum absolute atomic E-state index is 6.13. The third kappa shape index (κ3) is 2.58. The smallest absolute Gasteiger partial charge is 0.0669 e. The highest BCUT2D eigenvalue weighted by molar-refractivity contribution is 5.21. The summed E-state index contributed by atoms with van der Waals surface area (Å²) >= 11 is 0. The van der Waals surface area contributed by atoms with Gasteiger partial charge in [0.15, 0.2) is 0 Å². The molecule has 2 N–H and O–H groups in total. The first-order valence-electron chi connectivity index (χ1n) is 5.32. The van der Waals surface area contributed by atoms with Gasteiger partial charge in [0.2, 0.25) is 0 Å². The fourth-order valence-electron chi connectivity index (χ4n) is 1.77. The number of hydrogen-bond acceptors (Lipinski definition) is 2. The fraction of sp³-hybridized carbons (Fsp3) is 0.727. The highest BCUT2D eigenvalue weighted by Gasteiger charge is 2.14. The summed E-state index contributed by atoms with van der Waals surface area (Å²) in [7, 11) is 1.95. The minimum Gasteiger partial charge on any atom is -0.324 e. The van der Waals surface area contributed by atoms with Gasteiger partial charge in [-0.2, -0.15) is 5.10 Å². The monoisotopic (exact) mass is 195 g/mol. The van der Waals surface area contributed by atoms with Crippen LogP contribution in [-0.2, 0) is 13.5 Å². The van der Waals surface area contributed by atoms with Crippen LogP contribution in [-0.4, -0.2) is 9.78 Å². The van der Waals surface area contributed by atoms with E-state index in [1.54, 1.807) is 0 Å². The third-order valence-electron chi connectivity index (χ3n) is 2.40. The highest BCUT2D eigenvalue weighted by Crippen LogP contribution is 2.21. The molecule has 1 unspecified atom stereocenters. The molecule has 3 heteroatoms. The van der Waals surface area contributed by atoms with E-state index in [1.165, 1.54) is 5.56 Å². The number of aromatic nitrogens is 2. The molecule has 14 heavy (non-hydrogen) atoms. The van der Waals surface area contributed by atoms with Crippen LogP contribution in [0.15, 0.2) is 6.20 Å². The lowest BCUT2D eigenvalue weighted by molar-refractivity contribution is 0.507. The van der Waals surface area contributed by atoms with Gasteiger partial charge in [0.1, 0.15) is 0 Å². The Labute approximate surface area is 86.3 Å². The molecule has 0 bridgehead atoms. The molecule has 1 aromatic heterocycles. The van der Waals surface area contributed by atoms with Crippen molar-refractivity contribution in [3.05, 3.63) is 17.5 Å². The summed E-state index contributed by atoms with van der Waals surface area (Å²) in [5, 5.41) is 4.39. The van der Waals surface area contributed by atoms with E-state index in [-0.39, 0.29) is 6.04 Å². The lowest BCUT2D eigenvalue weighted by Gasteiger charge is -2.13. The first kappa shape index (κ1) is 11.2. The average molecular weight is 195 g/mol. The molecule has 3 nitrogen and oxygen atoms in total. The summed E-state index contributed by atoms with van der Waals surface area (Å²) in [5.41, 5.74) is 8.48. The van der Waals surface area contributed by atoms with Crippen molar-refractivity contribution in [1.29, 1.82) is 0 Å². The second-order valence-corrected chi connectivity index (χ2v) is 4.29. The van der Waals surface area contributed by atoms with Crippen LogP contribution in [0.5, 0.6) is 0 Å². The molecule has 0 aliphatic carbocycles. The Kier molecular flexibility index (Phi) is 3.69. The maximum Gasteiger partial charge on any atom is 0.0669 e. The first-order chi connectivity index (χ1) is 6.54. The highest BCUT2D eigenvalue weighted by atomic mass is 15.3. The van der Waals surface area contributed by atoms with Gasteiger partial charge in [0.25, 0.3) is 0 Å². The quantitative estimate of drug-likeness (QED) is 0.799. The lowest BCUT2D eigenvalue weighted by Crippen LogP contribution is -2.13. The van der Waals surface area contributed by atoms with Gasteiger partial charge in [0, 0.05) is 24.8 Å². The molecule has 1 aromatic rings. The van der Waals surface area contributed by atoms with Crippen LogP contribution in [0.25, 0.3) is 0 Å². The molecule has 0 amide bonds. The van der Waals surface area contributed by atoms with E-state index in [9.17, 15) is 0 Å². The normalized spacial score (nSPS) is 13.6. The number of rotatable bonds is 4. The Bertz CT molecular complexity index is 289. The first-order valence-corrected chi connectivity index (χ1v) is 5.32. The molecular formula is C11H21N3. The second kappa shape index (κ2) is 4.60. The number of hydrogen-bond donors (Lipinski definition) is 1. The zero-order valence-electron chi connectivity index (χ0n) is 9.62. The molecule has 0 saturated carbocycles. The van der Waals surface area contributed by atoms with E-state index >= 15 is 0 Å². The predicted octanol–water partition coefficient (Wildman–Crippen LogP) is 2.03. The van der Waals surface area contributed by atoms with Crippen LogP contribution in [0.4, 0.5) is 0 Å². The summed E-state index contributed by atoms with van der Waals surface area (Å²) in [6.07, 6.45) is 4.03. The summed E-state index contributed by atoms with van der Waals surface area (Å²) in [5.74, 6) is 0.634. The Morgan fingerprint density at radius 3 is 2.64 bits per heavy atom. The zero-order valence-corrected chi connectivity index (χ0v) is 9.62. The zero-order chi connectivity index (χ0) is 10.7. The molecule has 1 heterocycles. The van der Waals surface area contributed by atoms with E-state index in [0.29, 0.717) is 5.92 Å². The Balaban J connectivity index is 2.82. The summed E-state index contributed by atoms with van der Waals surface area (Å²) in [6, 6.07) is 0.138.